The van der Waals surface area contributed by atoms with Crippen molar-refractivity contribution in [1.29, 1.82) is 0 Å². The van der Waals surface area contributed by atoms with Crippen LogP contribution < -0.4 is 4.74 Å². The molecule has 180 valence electrons. The molecule has 1 nitrogen and oxygen atoms in total. The lowest BCUT2D eigenvalue weighted by molar-refractivity contribution is -0.191. The second-order valence-electron chi connectivity index (χ2n) is 6.96. The lowest BCUT2D eigenvalue weighted by Crippen LogP contribution is -2.26. The van der Waals surface area contributed by atoms with E-state index < -0.39 is 61.9 Å². The minimum absolute atomic E-state index is 0.165. The number of benzene rings is 3. The summed E-state index contributed by atoms with van der Waals surface area (Å²) in [4.78, 5) is -3.30. The Morgan fingerprint density at radius 2 is 1.21 bits per heavy atom. The van der Waals surface area contributed by atoms with Gasteiger partial charge in [-0.05, 0) is 42.3 Å². The van der Waals surface area contributed by atoms with Crippen LogP contribution >= 0.6 is 10.2 Å². The number of halogens is 11. The smallest absolute Gasteiger partial charge is 0.425 e. The molecule has 3 rings (SSSR count). The van der Waals surface area contributed by atoms with E-state index in [1.165, 1.54) is 12.1 Å². The Morgan fingerprint density at radius 3 is 1.70 bits per heavy atom. The fraction of sp³-hybridized carbons (Fsp3) is 0.100. The summed E-state index contributed by atoms with van der Waals surface area (Å²) in [6.07, 6.45) is -5.07. The van der Waals surface area contributed by atoms with E-state index in [0.29, 0.717) is 12.1 Å². The number of hydrogen-bond donors (Lipinski definition) is 0. The van der Waals surface area contributed by atoms with Crippen LogP contribution in [0.3, 0.4) is 0 Å². The van der Waals surface area contributed by atoms with E-state index in [1.807, 2.05) is 0 Å². The molecule has 13 heteroatoms. The number of hydrogen-bond acceptors (Lipinski definition) is 1. The average molecular weight is 508 g/mol. The van der Waals surface area contributed by atoms with E-state index in [-0.39, 0.29) is 17.2 Å². The molecule has 3 aromatic rings. The highest BCUT2D eigenvalue weighted by Gasteiger charge is 2.67. The number of ether oxygens (including phenoxy) is 1. The van der Waals surface area contributed by atoms with E-state index in [0.717, 1.165) is 5.56 Å². The summed E-state index contributed by atoms with van der Waals surface area (Å²) >= 11 is 0. The molecule has 0 amide bonds. The third-order valence-corrected chi connectivity index (χ3v) is 5.53. The van der Waals surface area contributed by atoms with E-state index in [4.69, 9.17) is 0 Å². The highest BCUT2D eigenvalue weighted by atomic mass is 32.5. The number of aryl methyl sites for hydroxylation is 1. The molecule has 0 fully saturated rings. The van der Waals surface area contributed by atoms with Gasteiger partial charge in [0.05, 0.1) is 0 Å². The average Bonchev–Trinajstić information content (AvgIpc) is 2.63. The van der Waals surface area contributed by atoms with E-state index >= 15 is 0 Å². The molecule has 0 unspecified atom stereocenters. The van der Waals surface area contributed by atoms with Crippen molar-refractivity contribution in [2.75, 3.05) is 0 Å². The van der Waals surface area contributed by atoms with Gasteiger partial charge < -0.3 is 4.74 Å². The second-order valence-corrected chi connectivity index (χ2v) is 9.34. The second kappa shape index (κ2) is 7.02. The summed E-state index contributed by atoms with van der Waals surface area (Å²) in [6.45, 7) is 1.72. The van der Waals surface area contributed by atoms with Crippen LogP contribution in [0.15, 0.2) is 53.4 Å². The zero-order chi connectivity index (χ0) is 25.0. The summed E-state index contributed by atoms with van der Waals surface area (Å²) in [5, 5.41) is 0. The molecule has 0 aliphatic rings. The Hall–Kier alpha value is -2.96. The van der Waals surface area contributed by atoms with Gasteiger partial charge in [0.1, 0.15) is 22.1 Å². The first-order valence-corrected chi connectivity index (χ1v) is 10.6. The van der Waals surface area contributed by atoms with Crippen LogP contribution in [0.2, 0.25) is 0 Å². The quantitative estimate of drug-likeness (QED) is 0.313. The third-order valence-electron chi connectivity index (χ3n) is 4.38. The first kappa shape index (κ1) is 24.7. The van der Waals surface area contributed by atoms with Crippen molar-refractivity contribution in [1.82, 2.24) is 0 Å². The maximum Gasteiger partial charge on any atom is 0.432 e. The van der Waals surface area contributed by atoms with E-state index in [1.54, 1.807) is 19.1 Å². The van der Waals surface area contributed by atoms with Crippen LogP contribution in [0, 0.1) is 30.2 Å². The van der Waals surface area contributed by atoms with Gasteiger partial charge in [0.15, 0.2) is 11.6 Å². The molecule has 0 saturated heterocycles. The summed E-state index contributed by atoms with van der Waals surface area (Å²) < 4.78 is 152. The molecular weight excluding hydrogens is 497 g/mol. The summed E-state index contributed by atoms with van der Waals surface area (Å²) in [5.41, 5.74) is -1.19. The zero-order valence-corrected chi connectivity index (χ0v) is 16.9. The molecule has 0 N–H and O–H groups in total. The minimum Gasteiger partial charge on any atom is -0.425 e. The molecule has 0 atom stereocenters. The Balaban J connectivity index is 2.02. The maximum atomic E-state index is 14.4. The van der Waals surface area contributed by atoms with Crippen molar-refractivity contribution >= 4 is 10.2 Å². The summed E-state index contributed by atoms with van der Waals surface area (Å²) in [5.74, 6) is -11.8. The topological polar surface area (TPSA) is 9.23 Å². The Kier molecular flexibility index (Phi) is 5.25. The molecule has 0 aromatic heterocycles. The Bertz CT molecular complexity index is 1210. The van der Waals surface area contributed by atoms with Gasteiger partial charge in [-0.1, -0.05) is 49.3 Å². The molecule has 0 heterocycles. The van der Waals surface area contributed by atoms with Crippen LogP contribution in [0.4, 0.5) is 45.8 Å². The predicted octanol–water partition coefficient (Wildman–Crippen LogP) is 9.00. The molecular formula is C20H11F11OS. The van der Waals surface area contributed by atoms with E-state index in [2.05, 4.69) is 4.74 Å². The standard InChI is InChI=1S/C20H11F11OS/c1-10-2-4-11(5-3-10)12-8-13(21)17(14(22)9-12)20(25,26)32-15-6-7-16(19(24)18(15)23)33(27,28,29,30)31/h2-9H,1H3. The highest BCUT2D eigenvalue weighted by molar-refractivity contribution is 8.45. The van der Waals surface area contributed by atoms with Crippen molar-refractivity contribution in [3.63, 3.8) is 0 Å². The summed E-state index contributed by atoms with van der Waals surface area (Å²) in [7, 11) is -10.7. The predicted molar refractivity (Wildman–Crippen MR) is 98.8 cm³/mol. The maximum absolute atomic E-state index is 14.4. The Labute approximate surface area is 179 Å². The van der Waals surface area contributed by atoms with Gasteiger partial charge in [0, 0.05) is 0 Å². The van der Waals surface area contributed by atoms with E-state index in [9.17, 15) is 45.8 Å². The van der Waals surface area contributed by atoms with Crippen LogP contribution in [-0.2, 0) is 6.11 Å². The first-order chi connectivity index (χ1) is 14.8. The van der Waals surface area contributed by atoms with Crippen molar-refractivity contribution in [3.8, 4) is 16.9 Å². The third kappa shape index (κ3) is 5.02. The molecule has 3 aromatic carbocycles. The molecule has 0 aliphatic carbocycles. The van der Waals surface area contributed by atoms with Crippen molar-refractivity contribution in [2.45, 2.75) is 17.9 Å². The van der Waals surface area contributed by atoms with Crippen molar-refractivity contribution in [3.05, 3.63) is 82.9 Å². The first-order valence-electron chi connectivity index (χ1n) is 8.65. The van der Waals surface area contributed by atoms with Gasteiger partial charge in [-0.3, -0.25) is 0 Å². The van der Waals surface area contributed by atoms with Crippen LogP contribution in [-0.4, -0.2) is 0 Å². The number of alkyl halides is 2. The molecule has 0 radical (unpaired) electrons. The minimum atomic E-state index is -10.7. The van der Waals surface area contributed by atoms with Crippen LogP contribution in [0.5, 0.6) is 5.75 Å². The molecule has 0 aliphatic heterocycles. The molecule has 0 spiro atoms. The highest BCUT2D eigenvalue weighted by Crippen LogP contribution is 3.02. The fourth-order valence-electron chi connectivity index (χ4n) is 2.84. The van der Waals surface area contributed by atoms with Gasteiger partial charge >= 0.3 is 16.3 Å². The lowest BCUT2D eigenvalue weighted by atomic mass is 10.0. The molecule has 0 bridgehead atoms. The van der Waals surface area contributed by atoms with Crippen LogP contribution in [0.25, 0.3) is 11.1 Å². The van der Waals surface area contributed by atoms with Gasteiger partial charge in [-0.2, -0.15) is 13.2 Å². The van der Waals surface area contributed by atoms with Gasteiger partial charge in [0.25, 0.3) is 0 Å². The van der Waals surface area contributed by atoms with Gasteiger partial charge in [-0.15, -0.1) is 0 Å². The number of rotatable bonds is 5. The Morgan fingerprint density at radius 1 is 0.697 bits per heavy atom. The van der Waals surface area contributed by atoms with Gasteiger partial charge in [0.2, 0.25) is 5.82 Å². The van der Waals surface area contributed by atoms with Crippen LogP contribution in [0.1, 0.15) is 11.1 Å². The SMILES string of the molecule is Cc1ccc(-c2cc(F)c(C(F)(F)Oc3ccc(S(F)(F)(F)(F)F)c(F)c3F)c(F)c2)cc1. The monoisotopic (exact) mass is 508 g/mol. The van der Waals surface area contributed by atoms with Crippen molar-refractivity contribution in [2.24, 2.45) is 0 Å². The summed E-state index contributed by atoms with van der Waals surface area (Å²) in [6, 6.07) is 5.96. The van der Waals surface area contributed by atoms with Crippen molar-refractivity contribution < 1.29 is 50.5 Å². The molecule has 33 heavy (non-hydrogen) atoms. The largest absolute Gasteiger partial charge is 0.432 e. The zero-order valence-electron chi connectivity index (χ0n) is 16.1. The van der Waals surface area contributed by atoms with Gasteiger partial charge in [-0.25, -0.2) is 13.2 Å². The normalized spacial score (nSPS) is 14.5. The fourth-order valence-corrected chi connectivity index (χ4v) is 3.60. The lowest BCUT2D eigenvalue weighted by Gasteiger charge is -2.40. The molecule has 0 saturated carbocycles.